The maximum absolute atomic E-state index is 12.7. The second kappa shape index (κ2) is 9.59. The molecule has 7 nitrogen and oxygen atoms in total. The van der Waals surface area contributed by atoms with E-state index >= 15 is 0 Å². The normalized spacial score (nSPS) is 15.9. The number of para-hydroxylation sites is 1. The molecule has 1 aliphatic heterocycles. The second-order valence-electron chi connectivity index (χ2n) is 7.52. The number of benzene rings is 2. The Balaban J connectivity index is 1.66. The van der Waals surface area contributed by atoms with Crippen molar-refractivity contribution in [1.82, 2.24) is 9.21 Å². The molecule has 1 atom stereocenters. The van der Waals surface area contributed by atoms with Gasteiger partial charge in [0.15, 0.2) is 0 Å². The van der Waals surface area contributed by atoms with Crippen molar-refractivity contribution in [1.29, 1.82) is 0 Å². The zero-order valence-electron chi connectivity index (χ0n) is 17.7. The van der Waals surface area contributed by atoms with Crippen molar-refractivity contribution in [3.63, 3.8) is 0 Å². The molecule has 30 heavy (non-hydrogen) atoms. The highest BCUT2D eigenvalue weighted by Crippen LogP contribution is 2.28. The fraction of sp³-hybridized carbons (Fsp3) is 0.409. The van der Waals surface area contributed by atoms with Crippen LogP contribution in [-0.4, -0.2) is 57.3 Å². The van der Waals surface area contributed by atoms with Gasteiger partial charge in [0.05, 0.1) is 18.6 Å². The monoisotopic (exact) mass is 431 g/mol. The molecule has 0 aliphatic carbocycles. The lowest BCUT2D eigenvalue weighted by atomic mass is 10.1. The Morgan fingerprint density at radius 3 is 2.57 bits per heavy atom. The van der Waals surface area contributed by atoms with Crippen LogP contribution < -0.4 is 10.1 Å². The van der Waals surface area contributed by atoms with E-state index in [9.17, 15) is 13.2 Å². The molecule has 0 aromatic heterocycles. The average Bonchev–Trinajstić information content (AvgIpc) is 3.29. The number of hydrogen-bond acceptors (Lipinski definition) is 5. The van der Waals surface area contributed by atoms with Crippen LogP contribution in [0.3, 0.4) is 0 Å². The van der Waals surface area contributed by atoms with Crippen LogP contribution in [0.15, 0.2) is 53.4 Å². The molecule has 0 bridgehead atoms. The van der Waals surface area contributed by atoms with Crippen LogP contribution in [0.5, 0.6) is 5.75 Å². The predicted molar refractivity (Wildman–Crippen MR) is 117 cm³/mol. The minimum Gasteiger partial charge on any atom is -0.496 e. The van der Waals surface area contributed by atoms with Crippen molar-refractivity contribution >= 4 is 21.6 Å². The summed E-state index contributed by atoms with van der Waals surface area (Å²) in [6.07, 6.45) is 1.76. The van der Waals surface area contributed by atoms with Gasteiger partial charge in [-0.3, -0.25) is 9.69 Å². The molecule has 3 rings (SSSR count). The lowest BCUT2D eigenvalue weighted by Crippen LogP contribution is -2.32. The molecule has 162 valence electrons. The van der Waals surface area contributed by atoms with Crippen molar-refractivity contribution in [3.8, 4) is 5.75 Å². The van der Waals surface area contributed by atoms with Crippen LogP contribution in [0.25, 0.3) is 0 Å². The fourth-order valence-electron chi connectivity index (χ4n) is 3.62. The zero-order chi connectivity index (χ0) is 21.7. The Morgan fingerprint density at radius 2 is 1.87 bits per heavy atom. The smallest absolute Gasteiger partial charge is 0.243 e. The van der Waals surface area contributed by atoms with E-state index in [1.165, 1.54) is 10.4 Å². The van der Waals surface area contributed by atoms with Gasteiger partial charge in [0.2, 0.25) is 15.9 Å². The van der Waals surface area contributed by atoms with Gasteiger partial charge in [-0.1, -0.05) is 24.3 Å². The molecule has 0 saturated carbocycles. The Kier molecular flexibility index (Phi) is 7.12. The number of carbonyl (C=O) groups excluding carboxylic acids is 1. The number of ether oxygens (including phenoxy) is 1. The number of hydrogen-bond donors (Lipinski definition) is 1. The van der Waals surface area contributed by atoms with Crippen LogP contribution in [0.4, 0.5) is 5.69 Å². The number of amides is 1. The van der Waals surface area contributed by atoms with Crippen LogP contribution in [-0.2, 0) is 14.8 Å². The molecule has 1 N–H and O–H groups in total. The highest BCUT2D eigenvalue weighted by atomic mass is 32.2. The van der Waals surface area contributed by atoms with E-state index in [-0.39, 0.29) is 23.4 Å². The van der Waals surface area contributed by atoms with Crippen molar-refractivity contribution in [2.75, 3.05) is 39.1 Å². The third-order valence-corrected chi connectivity index (χ3v) is 7.36. The summed E-state index contributed by atoms with van der Waals surface area (Å²) in [6.45, 7) is 3.26. The van der Waals surface area contributed by atoms with E-state index in [0.29, 0.717) is 18.8 Å². The standard InChI is InChI=1S/C22H29N3O4S/c1-17(20-11-4-5-12-21(20)29-3)24(2)16-22(26)23-18-9-8-10-19(15-18)30(27,28)25-13-6-7-14-25/h4-5,8-12,15,17H,6-7,13-14,16H2,1-3H3,(H,23,26). The molecule has 0 radical (unpaired) electrons. The number of sulfonamides is 1. The summed E-state index contributed by atoms with van der Waals surface area (Å²) >= 11 is 0. The predicted octanol–water partition coefficient (Wildman–Crippen LogP) is 3.11. The maximum Gasteiger partial charge on any atom is 0.243 e. The van der Waals surface area contributed by atoms with Gasteiger partial charge < -0.3 is 10.1 Å². The van der Waals surface area contributed by atoms with Gasteiger partial charge in [-0.15, -0.1) is 0 Å². The molecular formula is C22H29N3O4S. The van der Waals surface area contributed by atoms with E-state index in [1.807, 2.05) is 43.1 Å². The van der Waals surface area contributed by atoms with Crippen LogP contribution in [0.2, 0.25) is 0 Å². The maximum atomic E-state index is 12.7. The summed E-state index contributed by atoms with van der Waals surface area (Å²) in [5, 5.41) is 2.82. The number of anilines is 1. The largest absolute Gasteiger partial charge is 0.496 e. The zero-order valence-corrected chi connectivity index (χ0v) is 18.5. The van der Waals surface area contributed by atoms with Gasteiger partial charge in [0.25, 0.3) is 0 Å². The Labute approximate surface area is 178 Å². The second-order valence-corrected chi connectivity index (χ2v) is 9.46. The Bertz CT molecular complexity index is 987. The molecular weight excluding hydrogens is 402 g/mol. The summed E-state index contributed by atoms with van der Waals surface area (Å²) in [5.74, 6) is 0.562. The number of likely N-dealkylation sites (N-methyl/N-ethyl adjacent to an activating group) is 1. The van der Waals surface area contributed by atoms with E-state index in [1.54, 1.807) is 25.3 Å². The first-order valence-corrected chi connectivity index (χ1v) is 11.5. The van der Waals surface area contributed by atoms with Crippen LogP contribution in [0.1, 0.15) is 31.4 Å². The number of nitrogens with zero attached hydrogens (tertiary/aromatic N) is 2. The number of methoxy groups -OCH3 is 1. The topological polar surface area (TPSA) is 79.0 Å². The fourth-order valence-corrected chi connectivity index (χ4v) is 5.19. The van der Waals surface area contributed by atoms with Gasteiger partial charge in [-0.25, -0.2) is 8.42 Å². The quantitative estimate of drug-likeness (QED) is 0.695. The summed E-state index contributed by atoms with van der Waals surface area (Å²) in [7, 11) is -0.0270. The lowest BCUT2D eigenvalue weighted by molar-refractivity contribution is -0.117. The first-order valence-electron chi connectivity index (χ1n) is 10.1. The van der Waals surface area contributed by atoms with Crippen molar-refractivity contribution in [2.45, 2.75) is 30.7 Å². The molecule has 1 fully saturated rings. The number of carbonyl (C=O) groups is 1. The van der Waals surface area contributed by atoms with Gasteiger partial charge in [0.1, 0.15) is 5.75 Å². The van der Waals surface area contributed by atoms with Crippen molar-refractivity contribution in [2.24, 2.45) is 0 Å². The van der Waals surface area contributed by atoms with E-state index < -0.39 is 10.0 Å². The first-order chi connectivity index (χ1) is 14.3. The summed E-state index contributed by atoms with van der Waals surface area (Å²) in [4.78, 5) is 14.7. The van der Waals surface area contributed by atoms with E-state index in [2.05, 4.69) is 5.32 Å². The average molecular weight is 432 g/mol. The molecule has 1 unspecified atom stereocenters. The summed E-state index contributed by atoms with van der Waals surface area (Å²) in [6, 6.07) is 14.1. The summed E-state index contributed by atoms with van der Waals surface area (Å²) in [5.41, 5.74) is 1.47. The molecule has 1 aliphatic rings. The minimum atomic E-state index is -3.52. The van der Waals surface area contributed by atoms with E-state index in [4.69, 9.17) is 4.74 Å². The van der Waals surface area contributed by atoms with Crippen LogP contribution >= 0.6 is 0 Å². The number of nitrogens with one attached hydrogen (secondary N) is 1. The molecule has 8 heteroatoms. The molecule has 1 heterocycles. The third kappa shape index (κ3) is 5.00. The SMILES string of the molecule is COc1ccccc1C(C)N(C)CC(=O)Nc1cccc(S(=O)(=O)N2CCCC2)c1. The van der Waals surface area contributed by atoms with Gasteiger partial charge >= 0.3 is 0 Å². The van der Waals surface area contributed by atoms with Gasteiger partial charge in [-0.05, 0) is 51.1 Å². The molecule has 1 amide bonds. The molecule has 2 aromatic carbocycles. The lowest BCUT2D eigenvalue weighted by Gasteiger charge is -2.25. The van der Waals surface area contributed by atoms with Gasteiger partial charge in [-0.2, -0.15) is 4.31 Å². The molecule has 0 spiro atoms. The van der Waals surface area contributed by atoms with Crippen molar-refractivity contribution in [3.05, 3.63) is 54.1 Å². The molecule has 2 aromatic rings. The highest BCUT2D eigenvalue weighted by Gasteiger charge is 2.27. The minimum absolute atomic E-state index is 0.0335. The third-order valence-electron chi connectivity index (χ3n) is 5.46. The summed E-state index contributed by atoms with van der Waals surface area (Å²) < 4.78 is 32.4. The van der Waals surface area contributed by atoms with Crippen LogP contribution in [0, 0.1) is 0 Å². The Hall–Kier alpha value is -2.42. The van der Waals surface area contributed by atoms with E-state index in [0.717, 1.165) is 24.2 Å². The number of rotatable bonds is 8. The Morgan fingerprint density at radius 1 is 1.17 bits per heavy atom. The molecule has 1 saturated heterocycles. The highest BCUT2D eigenvalue weighted by molar-refractivity contribution is 7.89. The van der Waals surface area contributed by atoms with Crippen molar-refractivity contribution < 1.29 is 17.9 Å². The van der Waals surface area contributed by atoms with Gasteiger partial charge in [0, 0.05) is 30.4 Å². The first kappa shape index (κ1) is 22.3.